The van der Waals surface area contributed by atoms with Gasteiger partial charge in [0, 0.05) is 5.02 Å². The van der Waals surface area contributed by atoms with Crippen LogP contribution in [0.25, 0.3) is 10.9 Å². The van der Waals surface area contributed by atoms with E-state index in [1.165, 1.54) is 16.2 Å². The first-order valence-corrected chi connectivity index (χ1v) is 9.68. The number of aromatic nitrogens is 2. The van der Waals surface area contributed by atoms with Crippen molar-refractivity contribution in [1.29, 1.82) is 0 Å². The van der Waals surface area contributed by atoms with Crippen LogP contribution in [-0.2, 0) is 6.67 Å². The van der Waals surface area contributed by atoms with E-state index in [1.807, 2.05) is 22.4 Å². The molecule has 1 aromatic carbocycles. The maximum absolute atomic E-state index is 12.7. The Labute approximate surface area is 159 Å². The summed E-state index contributed by atoms with van der Waals surface area (Å²) in [5.41, 5.74) is 0.569. The zero-order chi connectivity index (χ0) is 18.1. The minimum Gasteiger partial charge on any atom is -0.327 e. The standard InChI is InChI=1S/C18H17ClN4O2S/c19-13-3-4-15-14(10-13)17(24)23(11-20-15)12-21-5-7-22(8-6-21)18(25)16-2-1-9-26-16/h1-4,9-11H,5-8,12H2/p+1. The van der Waals surface area contributed by atoms with Gasteiger partial charge < -0.3 is 9.80 Å². The number of hydrogen-bond donors (Lipinski definition) is 1. The van der Waals surface area contributed by atoms with E-state index in [-0.39, 0.29) is 11.5 Å². The predicted octanol–water partition coefficient (Wildman–Crippen LogP) is 1.11. The Morgan fingerprint density at radius 1 is 1.27 bits per heavy atom. The minimum absolute atomic E-state index is 0.0814. The Hall–Kier alpha value is -2.22. The fraction of sp³-hybridized carbons (Fsp3) is 0.278. The summed E-state index contributed by atoms with van der Waals surface area (Å²) in [6.07, 6.45) is 1.59. The fourth-order valence-electron chi connectivity index (χ4n) is 3.22. The number of benzene rings is 1. The highest BCUT2D eigenvalue weighted by molar-refractivity contribution is 7.12. The number of rotatable bonds is 3. The number of nitrogens with zero attached hydrogens (tertiary/aromatic N) is 3. The second-order valence-electron chi connectivity index (χ2n) is 6.36. The number of amides is 1. The van der Waals surface area contributed by atoms with Gasteiger partial charge in [0.25, 0.3) is 11.5 Å². The van der Waals surface area contributed by atoms with Crippen molar-refractivity contribution < 1.29 is 9.69 Å². The summed E-state index contributed by atoms with van der Waals surface area (Å²) in [5.74, 6) is 0.0956. The fourth-order valence-corrected chi connectivity index (χ4v) is 4.09. The molecule has 0 spiro atoms. The molecule has 1 aliphatic rings. The predicted molar refractivity (Wildman–Crippen MR) is 102 cm³/mol. The summed E-state index contributed by atoms with van der Waals surface area (Å²) in [7, 11) is 0. The number of carbonyl (C=O) groups is 1. The van der Waals surface area contributed by atoms with Crippen LogP contribution in [-0.4, -0.2) is 46.5 Å². The molecule has 0 bridgehead atoms. The van der Waals surface area contributed by atoms with Gasteiger partial charge in [-0.05, 0) is 29.6 Å². The lowest BCUT2D eigenvalue weighted by Gasteiger charge is -2.32. The Bertz CT molecular complexity index is 994. The molecule has 0 unspecified atom stereocenters. The third-order valence-electron chi connectivity index (χ3n) is 4.67. The first-order valence-electron chi connectivity index (χ1n) is 8.43. The number of fused-ring (bicyclic) bond motifs is 1. The van der Waals surface area contributed by atoms with E-state index < -0.39 is 0 Å². The summed E-state index contributed by atoms with van der Waals surface area (Å²) < 4.78 is 1.63. The van der Waals surface area contributed by atoms with Gasteiger partial charge in [-0.3, -0.25) is 9.59 Å². The summed E-state index contributed by atoms with van der Waals surface area (Å²) in [4.78, 5) is 33.3. The first kappa shape index (κ1) is 17.2. The molecular weight excluding hydrogens is 372 g/mol. The largest absolute Gasteiger partial charge is 0.327 e. The highest BCUT2D eigenvalue weighted by Gasteiger charge is 2.25. The van der Waals surface area contributed by atoms with Crippen molar-refractivity contribution in [2.45, 2.75) is 6.67 Å². The molecule has 2 aromatic heterocycles. The molecule has 1 fully saturated rings. The van der Waals surface area contributed by atoms with Crippen molar-refractivity contribution in [2.75, 3.05) is 26.2 Å². The van der Waals surface area contributed by atoms with Crippen LogP contribution in [0.3, 0.4) is 0 Å². The molecule has 26 heavy (non-hydrogen) atoms. The number of hydrogen-bond acceptors (Lipinski definition) is 4. The molecule has 3 heterocycles. The van der Waals surface area contributed by atoms with Crippen LogP contribution in [0, 0.1) is 0 Å². The van der Waals surface area contributed by atoms with E-state index in [9.17, 15) is 9.59 Å². The van der Waals surface area contributed by atoms with Crippen molar-refractivity contribution in [2.24, 2.45) is 0 Å². The third-order valence-corrected chi connectivity index (χ3v) is 5.76. The molecule has 1 aliphatic heterocycles. The summed E-state index contributed by atoms with van der Waals surface area (Å²) in [5, 5.41) is 2.98. The SMILES string of the molecule is O=C(c1cccs1)N1CC[NH+](Cn2cnc3ccc(Cl)cc3c2=O)CC1. The van der Waals surface area contributed by atoms with Crippen LogP contribution in [0.5, 0.6) is 0 Å². The molecule has 0 radical (unpaired) electrons. The normalized spacial score (nSPS) is 15.5. The lowest BCUT2D eigenvalue weighted by molar-refractivity contribution is -0.926. The number of thiophene rings is 1. The van der Waals surface area contributed by atoms with E-state index in [1.54, 1.807) is 29.1 Å². The summed E-state index contributed by atoms with van der Waals surface area (Å²) in [6, 6.07) is 8.90. The molecule has 0 saturated carbocycles. The van der Waals surface area contributed by atoms with Gasteiger partial charge in [0.1, 0.15) is 6.33 Å². The lowest BCUT2D eigenvalue weighted by Crippen LogP contribution is -3.14. The average molecular weight is 390 g/mol. The molecule has 134 valence electrons. The second-order valence-corrected chi connectivity index (χ2v) is 7.74. The van der Waals surface area contributed by atoms with Crippen LogP contribution in [0.1, 0.15) is 9.67 Å². The Kier molecular flexibility index (Phi) is 4.76. The van der Waals surface area contributed by atoms with Gasteiger partial charge >= 0.3 is 0 Å². The Morgan fingerprint density at radius 3 is 2.81 bits per heavy atom. The highest BCUT2D eigenvalue weighted by Crippen LogP contribution is 2.14. The maximum Gasteiger partial charge on any atom is 0.265 e. The van der Waals surface area contributed by atoms with Gasteiger partial charge in [-0.25, -0.2) is 9.55 Å². The summed E-state index contributed by atoms with van der Waals surface area (Å²) in [6.45, 7) is 3.52. The second kappa shape index (κ2) is 7.19. The molecule has 1 N–H and O–H groups in total. The number of piperazine rings is 1. The molecule has 0 atom stereocenters. The maximum atomic E-state index is 12.7. The van der Waals surface area contributed by atoms with Gasteiger partial charge in [0.2, 0.25) is 0 Å². The van der Waals surface area contributed by atoms with E-state index in [2.05, 4.69) is 4.98 Å². The molecule has 0 aliphatic carbocycles. The molecular formula is C18H18ClN4O2S+. The van der Waals surface area contributed by atoms with E-state index >= 15 is 0 Å². The Balaban J connectivity index is 1.45. The van der Waals surface area contributed by atoms with E-state index in [0.29, 0.717) is 35.7 Å². The van der Waals surface area contributed by atoms with Gasteiger partial charge in [-0.15, -0.1) is 11.3 Å². The molecule has 1 saturated heterocycles. The van der Waals surface area contributed by atoms with Crippen molar-refractivity contribution in [1.82, 2.24) is 14.5 Å². The van der Waals surface area contributed by atoms with Crippen LogP contribution < -0.4 is 10.5 Å². The molecule has 4 rings (SSSR count). The highest BCUT2D eigenvalue weighted by atomic mass is 35.5. The van der Waals surface area contributed by atoms with Crippen molar-refractivity contribution in [3.05, 3.63) is 62.3 Å². The number of quaternary nitrogens is 1. The number of nitrogens with one attached hydrogen (secondary N) is 1. The zero-order valence-electron chi connectivity index (χ0n) is 14.0. The molecule has 6 nitrogen and oxygen atoms in total. The molecule has 1 amide bonds. The zero-order valence-corrected chi connectivity index (χ0v) is 15.6. The van der Waals surface area contributed by atoms with Gasteiger partial charge in [0.05, 0.1) is 42.0 Å². The van der Waals surface area contributed by atoms with Crippen molar-refractivity contribution in [3.63, 3.8) is 0 Å². The van der Waals surface area contributed by atoms with Crippen LogP contribution in [0.15, 0.2) is 46.8 Å². The van der Waals surface area contributed by atoms with Crippen LogP contribution in [0.2, 0.25) is 5.02 Å². The summed E-state index contributed by atoms with van der Waals surface area (Å²) >= 11 is 7.47. The van der Waals surface area contributed by atoms with Gasteiger partial charge in [-0.2, -0.15) is 0 Å². The minimum atomic E-state index is -0.0814. The molecule has 8 heteroatoms. The van der Waals surface area contributed by atoms with Crippen LogP contribution >= 0.6 is 22.9 Å². The monoisotopic (exact) mass is 389 g/mol. The topological polar surface area (TPSA) is 59.6 Å². The smallest absolute Gasteiger partial charge is 0.265 e. The number of halogens is 1. The van der Waals surface area contributed by atoms with E-state index in [4.69, 9.17) is 11.6 Å². The molecule has 3 aromatic rings. The van der Waals surface area contributed by atoms with Crippen LogP contribution in [0.4, 0.5) is 0 Å². The van der Waals surface area contributed by atoms with E-state index in [0.717, 1.165) is 18.0 Å². The Morgan fingerprint density at radius 2 is 2.08 bits per heavy atom. The quantitative estimate of drug-likeness (QED) is 0.730. The average Bonchev–Trinajstić information content (AvgIpc) is 3.19. The lowest BCUT2D eigenvalue weighted by atomic mass is 10.2. The van der Waals surface area contributed by atoms with Gasteiger partial charge in [0.15, 0.2) is 6.67 Å². The van der Waals surface area contributed by atoms with Gasteiger partial charge in [-0.1, -0.05) is 17.7 Å². The van der Waals surface area contributed by atoms with Crippen molar-refractivity contribution in [3.8, 4) is 0 Å². The third kappa shape index (κ3) is 3.38. The number of carbonyl (C=O) groups excluding carboxylic acids is 1. The first-order chi connectivity index (χ1) is 12.6. The van der Waals surface area contributed by atoms with Crippen molar-refractivity contribution >= 4 is 39.7 Å².